The van der Waals surface area contributed by atoms with Crippen molar-refractivity contribution in [1.82, 2.24) is 4.90 Å². The van der Waals surface area contributed by atoms with Crippen molar-refractivity contribution in [3.05, 3.63) is 0 Å². The van der Waals surface area contributed by atoms with Crippen LogP contribution in [0.25, 0.3) is 0 Å². The molecule has 0 aromatic heterocycles. The Morgan fingerprint density at radius 2 is 2.12 bits per heavy atom. The van der Waals surface area contributed by atoms with Crippen molar-refractivity contribution in [3.63, 3.8) is 0 Å². The molecule has 1 saturated heterocycles. The highest BCUT2D eigenvalue weighted by molar-refractivity contribution is 5.79. The van der Waals surface area contributed by atoms with Gasteiger partial charge in [-0.1, -0.05) is 27.2 Å². The van der Waals surface area contributed by atoms with E-state index in [-0.39, 0.29) is 11.3 Å². The molecule has 2 N–H and O–H groups in total. The number of carbonyl (C=O) groups excluding carboxylic acids is 1. The van der Waals surface area contributed by atoms with E-state index in [1.807, 2.05) is 11.8 Å². The maximum absolute atomic E-state index is 11.9. The number of nitrogens with two attached hydrogens (primary N) is 1. The molecule has 0 spiro atoms. The highest BCUT2D eigenvalue weighted by atomic mass is 16.2. The normalized spacial score (nSPS) is 22.0. The van der Waals surface area contributed by atoms with Crippen LogP contribution in [0, 0.1) is 11.3 Å². The van der Waals surface area contributed by atoms with E-state index in [0.29, 0.717) is 5.91 Å². The van der Waals surface area contributed by atoms with Gasteiger partial charge < -0.3 is 10.6 Å². The van der Waals surface area contributed by atoms with E-state index < -0.39 is 0 Å². The number of piperidine rings is 1. The van der Waals surface area contributed by atoms with Crippen LogP contribution >= 0.6 is 0 Å². The standard InChI is InChI=1S/C14H28N2O/c1-12-7-6-10-16(13(12)17)9-5-4-8-14(2,3)11-15/h12H,4-11,15H2,1-3H3. The SMILES string of the molecule is CC1CCCN(CCCCC(C)(C)CN)C1=O. The van der Waals surface area contributed by atoms with Gasteiger partial charge >= 0.3 is 0 Å². The number of hydrogen-bond donors (Lipinski definition) is 1. The molecule has 0 bridgehead atoms. The summed E-state index contributed by atoms with van der Waals surface area (Å²) in [5.41, 5.74) is 5.96. The van der Waals surface area contributed by atoms with Crippen molar-refractivity contribution in [2.45, 2.75) is 52.9 Å². The Morgan fingerprint density at radius 1 is 1.41 bits per heavy atom. The first-order valence-corrected chi connectivity index (χ1v) is 6.95. The smallest absolute Gasteiger partial charge is 0.225 e. The molecular weight excluding hydrogens is 212 g/mol. The van der Waals surface area contributed by atoms with Crippen molar-refractivity contribution in [2.24, 2.45) is 17.1 Å². The second-order valence-electron chi connectivity index (χ2n) is 6.19. The summed E-state index contributed by atoms with van der Waals surface area (Å²) < 4.78 is 0. The third-order valence-corrected chi connectivity index (χ3v) is 3.88. The molecule has 0 aliphatic carbocycles. The number of rotatable bonds is 6. The summed E-state index contributed by atoms with van der Waals surface area (Å²) in [4.78, 5) is 13.9. The lowest BCUT2D eigenvalue weighted by atomic mass is 9.87. The van der Waals surface area contributed by atoms with Gasteiger partial charge in [0.25, 0.3) is 0 Å². The maximum atomic E-state index is 11.9. The third-order valence-electron chi connectivity index (χ3n) is 3.88. The first kappa shape index (κ1) is 14.5. The molecule has 17 heavy (non-hydrogen) atoms. The van der Waals surface area contributed by atoms with E-state index in [4.69, 9.17) is 5.73 Å². The van der Waals surface area contributed by atoms with Gasteiger partial charge in [0.05, 0.1) is 0 Å². The summed E-state index contributed by atoms with van der Waals surface area (Å²) >= 11 is 0. The number of hydrogen-bond acceptors (Lipinski definition) is 2. The van der Waals surface area contributed by atoms with Crippen LogP contribution < -0.4 is 5.73 Å². The highest BCUT2D eigenvalue weighted by Gasteiger charge is 2.24. The van der Waals surface area contributed by atoms with Gasteiger partial charge in [0.15, 0.2) is 0 Å². The van der Waals surface area contributed by atoms with E-state index in [9.17, 15) is 4.79 Å². The van der Waals surface area contributed by atoms with Crippen LogP contribution in [0.1, 0.15) is 52.9 Å². The van der Waals surface area contributed by atoms with Crippen LogP contribution in [0.5, 0.6) is 0 Å². The summed E-state index contributed by atoms with van der Waals surface area (Å²) in [7, 11) is 0. The monoisotopic (exact) mass is 240 g/mol. The molecule has 3 heteroatoms. The summed E-state index contributed by atoms with van der Waals surface area (Å²) in [5, 5.41) is 0. The first-order chi connectivity index (χ1) is 7.96. The molecule has 0 aromatic rings. The fraction of sp³-hybridized carbons (Fsp3) is 0.929. The lowest BCUT2D eigenvalue weighted by Crippen LogP contribution is -2.40. The largest absolute Gasteiger partial charge is 0.342 e. The predicted molar refractivity (Wildman–Crippen MR) is 71.7 cm³/mol. The second-order valence-corrected chi connectivity index (χ2v) is 6.19. The van der Waals surface area contributed by atoms with E-state index in [0.717, 1.165) is 38.9 Å². The summed E-state index contributed by atoms with van der Waals surface area (Å²) in [5.74, 6) is 0.596. The fourth-order valence-corrected chi connectivity index (χ4v) is 2.36. The average molecular weight is 240 g/mol. The van der Waals surface area contributed by atoms with Gasteiger partial charge in [0, 0.05) is 19.0 Å². The number of carbonyl (C=O) groups is 1. The van der Waals surface area contributed by atoms with Crippen molar-refractivity contribution < 1.29 is 4.79 Å². The lowest BCUT2D eigenvalue weighted by molar-refractivity contribution is -0.137. The van der Waals surface area contributed by atoms with E-state index >= 15 is 0 Å². The zero-order valence-corrected chi connectivity index (χ0v) is 11.7. The van der Waals surface area contributed by atoms with Gasteiger partial charge in [-0.15, -0.1) is 0 Å². The Labute approximate surface area is 106 Å². The average Bonchev–Trinajstić information content (AvgIpc) is 2.30. The molecule has 1 aliphatic rings. The second kappa shape index (κ2) is 6.39. The molecule has 1 amide bonds. The van der Waals surface area contributed by atoms with Crippen molar-refractivity contribution in [1.29, 1.82) is 0 Å². The number of likely N-dealkylation sites (tertiary alicyclic amines) is 1. The van der Waals surface area contributed by atoms with Gasteiger partial charge in [-0.2, -0.15) is 0 Å². The lowest BCUT2D eigenvalue weighted by Gasteiger charge is -2.31. The Balaban J connectivity index is 2.20. The van der Waals surface area contributed by atoms with Crippen LogP contribution in [0.3, 0.4) is 0 Å². The van der Waals surface area contributed by atoms with Gasteiger partial charge in [-0.25, -0.2) is 0 Å². The fourth-order valence-electron chi connectivity index (χ4n) is 2.36. The Hall–Kier alpha value is -0.570. The topological polar surface area (TPSA) is 46.3 Å². The zero-order chi connectivity index (χ0) is 12.9. The van der Waals surface area contributed by atoms with Crippen LogP contribution in [-0.2, 0) is 4.79 Å². The molecule has 100 valence electrons. The van der Waals surface area contributed by atoms with E-state index in [1.165, 1.54) is 12.8 Å². The van der Waals surface area contributed by atoms with Gasteiger partial charge in [0.2, 0.25) is 5.91 Å². The molecule has 3 nitrogen and oxygen atoms in total. The molecule has 0 radical (unpaired) electrons. The first-order valence-electron chi connectivity index (χ1n) is 6.95. The Morgan fingerprint density at radius 3 is 2.76 bits per heavy atom. The third kappa shape index (κ3) is 4.66. The minimum absolute atomic E-state index is 0.240. The Kier molecular flexibility index (Phi) is 5.44. The van der Waals surface area contributed by atoms with Crippen molar-refractivity contribution in [3.8, 4) is 0 Å². The van der Waals surface area contributed by atoms with Gasteiger partial charge in [0.1, 0.15) is 0 Å². The van der Waals surface area contributed by atoms with Crippen LogP contribution in [0.15, 0.2) is 0 Å². The van der Waals surface area contributed by atoms with Crippen LogP contribution in [0.4, 0.5) is 0 Å². The molecule has 1 atom stereocenters. The molecule has 1 fully saturated rings. The summed E-state index contributed by atoms with van der Waals surface area (Å²) in [6, 6.07) is 0. The van der Waals surface area contributed by atoms with Gasteiger partial charge in [-0.3, -0.25) is 4.79 Å². The van der Waals surface area contributed by atoms with Crippen LogP contribution in [0.2, 0.25) is 0 Å². The maximum Gasteiger partial charge on any atom is 0.225 e. The highest BCUT2D eigenvalue weighted by Crippen LogP contribution is 2.22. The van der Waals surface area contributed by atoms with Crippen molar-refractivity contribution >= 4 is 5.91 Å². The minimum atomic E-state index is 0.240. The zero-order valence-electron chi connectivity index (χ0n) is 11.7. The predicted octanol–water partition coefficient (Wildman–Crippen LogP) is 2.40. The molecule has 1 unspecified atom stereocenters. The summed E-state index contributed by atoms with van der Waals surface area (Å²) in [6.45, 7) is 9.11. The summed E-state index contributed by atoms with van der Waals surface area (Å²) in [6.07, 6.45) is 5.67. The Bertz CT molecular complexity index is 251. The number of unbranched alkanes of at least 4 members (excludes halogenated alkanes) is 1. The molecule has 0 saturated carbocycles. The molecule has 1 rings (SSSR count). The molecule has 1 aliphatic heterocycles. The quantitative estimate of drug-likeness (QED) is 0.725. The van der Waals surface area contributed by atoms with Gasteiger partial charge in [-0.05, 0) is 37.6 Å². The molecular formula is C14H28N2O. The van der Waals surface area contributed by atoms with Crippen LogP contribution in [-0.4, -0.2) is 30.4 Å². The number of nitrogens with zero attached hydrogens (tertiary/aromatic N) is 1. The number of amides is 1. The van der Waals surface area contributed by atoms with E-state index in [1.54, 1.807) is 0 Å². The molecule has 1 heterocycles. The van der Waals surface area contributed by atoms with E-state index in [2.05, 4.69) is 13.8 Å². The van der Waals surface area contributed by atoms with Crippen molar-refractivity contribution in [2.75, 3.05) is 19.6 Å². The minimum Gasteiger partial charge on any atom is -0.342 e. The molecule has 0 aromatic carbocycles.